The number of nitrogens with zero attached hydrogens (tertiary/aromatic N) is 2. The van der Waals surface area contributed by atoms with Crippen molar-refractivity contribution in [2.24, 2.45) is 0 Å². The van der Waals surface area contributed by atoms with Crippen LogP contribution in [0.4, 0.5) is 5.69 Å². The van der Waals surface area contributed by atoms with E-state index in [1.165, 1.54) is 0 Å². The molecule has 2 heterocycles. The first-order valence-electron chi connectivity index (χ1n) is 5.67. The molecular weight excluding hydrogens is 246 g/mol. The third-order valence-electron chi connectivity index (χ3n) is 2.67. The van der Waals surface area contributed by atoms with E-state index in [2.05, 4.69) is 10.3 Å². The average molecular weight is 259 g/mol. The highest BCUT2D eigenvalue weighted by Gasteiger charge is 2.03. The van der Waals surface area contributed by atoms with Crippen molar-refractivity contribution in [3.63, 3.8) is 0 Å². The highest BCUT2D eigenvalue weighted by Crippen LogP contribution is 2.17. The summed E-state index contributed by atoms with van der Waals surface area (Å²) in [5.41, 5.74) is 2.02. The molecule has 1 N–H and O–H groups in total. The molecule has 0 fully saturated rings. The van der Waals surface area contributed by atoms with Crippen molar-refractivity contribution >= 4 is 22.0 Å². The van der Waals surface area contributed by atoms with Crippen molar-refractivity contribution in [3.05, 3.63) is 47.7 Å². The maximum absolute atomic E-state index is 5.69. The Morgan fingerprint density at radius 3 is 2.89 bits per heavy atom. The van der Waals surface area contributed by atoms with E-state index in [9.17, 15) is 0 Å². The number of imidazole rings is 1. The van der Waals surface area contributed by atoms with Crippen LogP contribution in [-0.4, -0.2) is 16.4 Å². The first-order chi connectivity index (χ1) is 8.85. The molecule has 0 aliphatic carbocycles. The number of thiazole rings is 1. The summed E-state index contributed by atoms with van der Waals surface area (Å²) in [5.74, 6) is 0.852. The van der Waals surface area contributed by atoms with E-state index in [0.717, 1.165) is 22.1 Å². The fourth-order valence-electron chi connectivity index (χ4n) is 1.72. The Labute approximate surface area is 109 Å². The molecule has 0 aliphatic heterocycles. The van der Waals surface area contributed by atoms with E-state index in [1.54, 1.807) is 11.3 Å². The number of nitrogens with one attached hydrogen (secondary N) is 1. The van der Waals surface area contributed by atoms with Crippen molar-refractivity contribution < 1.29 is 4.74 Å². The van der Waals surface area contributed by atoms with Crippen LogP contribution in [0.1, 0.15) is 5.69 Å². The van der Waals surface area contributed by atoms with Crippen molar-refractivity contribution in [2.45, 2.75) is 6.61 Å². The van der Waals surface area contributed by atoms with Gasteiger partial charge in [0.25, 0.3) is 0 Å². The largest absolute Gasteiger partial charge is 0.487 e. The minimum Gasteiger partial charge on any atom is -0.487 e. The van der Waals surface area contributed by atoms with E-state index in [4.69, 9.17) is 4.74 Å². The fourth-order valence-corrected chi connectivity index (χ4v) is 2.44. The zero-order valence-electron chi connectivity index (χ0n) is 9.96. The predicted molar refractivity (Wildman–Crippen MR) is 73.4 cm³/mol. The number of hydrogen-bond donors (Lipinski definition) is 1. The van der Waals surface area contributed by atoms with Crippen LogP contribution in [0.5, 0.6) is 5.75 Å². The number of hydrogen-bond acceptors (Lipinski definition) is 4. The summed E-state index contributed by atoms with van der Waals surface area (Å²) in [7, 11) is 1.90. The quantitative estimate of drug-likeness (QED) is 0.782. The Morgan fingerprint density at radius 1 is 1.33 bits per heavy atom. The summed E-state index contributed by atoms with van der Waals surface area (Å²) in [6, 6.07) is 7.87. The van der Waals surface area contributed by atoms with Gasteiger partial charge in [0.2, 0.25) is 0 Å². The van der Waals surface area contributed by atoms with E-state index in [1.807, 2.05) is 53.5 Å². The summed E-state index contributed by atoms with van der Waals surface area (Å²) in [5, 5.41) is 5.09. The minimum atomic E-state index is 0.493. The molecule has 18 heavy (non-hydrogen) atoms. The Morgan fingerprint density at radius 2 is 2.17 bits per heavy atom. The molecule has 5 heteroatoms. The lowest BCUT2D eigenvalue weighted by molar-refractivity contribution is 0.302. The lowest BCUT2D eigenvalue weighted by Gasteiger charge is -2.05. The molecule has 2 aromatic heterocycles. The number of benzene rings is 1. The summed E-state index contributed by atoms with van der Waals surface area (Å²) in [6.45, 7) is 0.493. The first kappa shape index (κ1) is 11.1. The Balaban J connectivity index is 1.68. The molecule has 0 saturated carbocycles. The third kappa shape index (κ3) is 2.17. The van der Waals surface area contributed by atoms with Crippen LogP contribution in [0.15, 0.2) is 42.0 Å². The summed E-state index contributed by atoms with van der Waals surface area (Å²) >= 11 is 1.62. The molecule has 0 saturated heterocycles. The molecule has 0 spiro atoms. The fraction of sp³-hybridized carbons (Fsp3) is 0.154. The van der Waals surface area contributed by atoms with Crippen LogP contribution in [-0.2, 0) is 6.61 Å². The van der Waals surface area contributed by atoms with Crippen molar-refractivity contribution in [3.8, 4) is 5.75 Å². The van der Waals surface area contributed by atoms with Gasteiger partial charge in [0.05, 0.1) is 5.69 Å². The van der Waals surface area contributed by atoms with Crippen LogP contribution in [0.2, 0.25) is 0 Å². The van der Waals surface area contributed by atoms with Gasteiger partial charge in [-0.3, -0.25) is 4.40 Å². The number of anilines is 1. The third-order valence-corrected chi connectivity index (χ3v) is 3.44. The maximum atomic E-state index is 5.69. The second-order valence-electron chi connectivity index (χ2n) is 3.89. The molecule has 0 radical (unpaired) electrons. The maximum Gasteiger partial charge on any atom is 0.193 e. The van der Waals surface area contributed by atoms with Gasteiger partial charge < -0.3 is 10.1 Å². The van der Waals surface area contributed by atoms with E-state index < -0.39 is 0 Å². The Hall–Kier alpha value is -2.01. The molecule has 0 bridgehead atoms. The Kier molecular flexibility index (Phi) is 2.90. The van der Waals surface area contributed by atoms with Gasteiger partial charge in [-0.05, 0) is 24.3 Å². The zero-order valence-corrected chi connectivity index (χ0v) is 10.8. The monoisotopic (exact) mass is 259 g/mol. The van der Waals surface area contributed by atoms with Gasteiger partial charge in [-0.2, -0.15) is 0 Å². The summed E-state index contributed by atoms with van der Waals surface area (Å²) in [6.07, 6.45) is 3.99. The van der Waals surface area contributed by atoms with Gasteiger partial charge in [-0.25, -0.2) is 4.98 Å². The number of fused-ring (bicyclic) bond motifs is 1. The van der Waals surface area contributed by atoms with Crippen molar-refractivity contribution in [2.75, 3.05) is 12.4 Å². The predicted octanol–water partition coefficient (Wildman–Crippen LogP) is 3.02. The van der Waals surface area contributed by atoms with Gasteiger partial charge in [-0.1, -0.05) is 0 Å². The molecule has 1 aromatic carbocycles. The highest BCUT2D eigenvalue weighted by atomic mass is 32.1. The minimum absolute atomic E-state index is 0.493. The SMILES string of the molecule is CNc1ccc(OCc2cn3ccsc3n2)cc1. The first-order valence-corrected chi connectivity index (χ1v) is 6.55. The molecule has 3 rings (SSSR count). The van der Waals surface area contributed by atoms with Crippen LogP contribution >= 0.6 is 11.3 Å². The van der Waals surface area contributed by atoms with Gasteiger partial charge in [-0.15, -0.1) is 11.3 Å². The summed E-state index contributed by atoms with van der Waals surface area (Å²) < 4.78 is 7.70. The van der Waals surface area contributed by atoms with Gasteiger partial charge in [0.1, 0.15) is 12.4 Å². The van der Waals surface area contributed by atoms with Crippen LogP contribution < -0.4 is 10.1 Å². The highest BCUT2D eigenvalue weighted by molar-refractivity contribution is 7.15. The van der Waals surface area contributed by atoms with Gasteiger partial charge in [0.15, 0.2) is 4.96 Å². The lowest BCUT2D eigenvalue weighted by atomic mass is 10.3. The number of rotatable bonds is 4. The molecule has 3 aromatic rings. The van der Waals surface area contributed by atoms with Gasteiger partial charge in [0, 0.05) is 30.5 Å². The second kappa shape index (κ2) is 4.70. The molecule has 0 atom stereocenters. The molecule has 0 unspecified atom stereocenters. The normalized spacial score (nSPS) is 10.7. The van der Waals surface area contributed by atoms with E-state index in [-0.39, 0.29) is 0 Å². The van der Waals surface area contributed by atoms with E-state index >= 15 is 0 Å². The Bertz CT molecular complexity index is 613. The molecule has 0 amide bonds. The van der Waals surface area contributed by atoms with E-state index in [0.29, 0.717) is 6.61 Å². The van der Waals surface area contributed by atoms with Crippen LogP contribution in [0.3, 0.4) is 0 Å². The van der Waals surface area contributed by atoms with Gasteiger partial charge >= 0.3 is 0 Å². The lowest BCUT2D eigenvalue weighted by Crippen LogP contribution is -1.96. The van der Waals surface area contributed by atoms with Crippen LogP contribution in [0.25, 0.3) is 4.96 Å². The molecule has 0 aliphatic rings. The second-order valence-corrected chi connectivity index (χ2v) is 4.76. The number of aromatic nitrogens is 2. The summed E-state index contributed by atoms with van der Waals surface area (Å²) in [4.78, 5) is 5.46. The van der Waals surface area contributed by atoms with Crippen LogP contribution in [0, 0.1) is 0 Å². The van der Waals surface area contributed by atoms with Crippen molar-refractivity contribution in [1.82, 2.24) is 9.38 Å². The average Bonchev–Trinajstić information content (AvgIpc) is 2.97. The standard InChI is InChI=1S/C13H13N3OS/c1-14-10-2-4-12(5-3-10)17-9-11-8-16-6-7-18-13(16)15-11/h2-8,14H,9H2,1H3. The smallest absolute Gasteiger partial charge is 0.193 e. The topological polar surface area (TPSA) is 38.6 Å². The molecule has 92 valence electrons. The number of ether oxygens (including phenoxy) is 1. The molecule has 4 nitrogen and oxygen atoms in total. The van der Waals surface area contributed by atoms with Crippen molar-refractivity contribution in [1.29, 1.82) is 0 Å². The zero-order chi connectivity index (χ0) is 12.4. The molecular formula is C13H13N3OS.